The molecule has 110 valence electrons. The number of carbonyl (C=O) groups excluding carboxylic acids is 2. The zero-order valence-corrected chi connectivity index (χ0v) is 12.4. The van der Waals surface area contributed by atoms with E-state index in [2.05, 4.69) is 5.32 Å². The fraction of sp³-hybridized carbons (Fsp3) is 0.857. The molecule has 19 heavy (non-hydrogen) atoms. The third-order valence-corrected chi connectivity index (χ3v) is 3.69. The van der Waals surface area contributed by atoms with Crippen molar-refractivity contribution in [3.05, 3.63) is 0 Å². The van der Waals surface area contributed by atoms with Crippen LogP contribution in [0.3, 0.4) is 0 Å². The quantitative estimate of drug-likeness (QED) is 0.745. The Hall–Kier alpha value is -1.10. The van der Waals surface area contributed by atoms with Crippen LogP contribution >= 0.6 is 0 Å². The number of amides is 2. The third-order valence-electron chi connectivity index (χ3n) is 3.69. The van der Waals surface area contributed by atoms with E-state index in [-0.39, 0.29) is 17.9 Å². The van der Waals surface area contributed by atoms with Crippen LogP contribution in [0, 0.1) is 0 Å². The highest BCUT2D eigenvalue weighted by Crippen LogP contribution is 2.08. The molecule has 1 saturated heterocycles. The number of nitrogens with one attached hydrogen (secondary N) is 1. The smallest absolute Gasteiger partial charge is 0.239 e. The Balaban J connectivity index is 2.24. The van der Waals surface area contributed by atoms with Gasteiger partial charge in [-0.2, -0.15) is 0 Å². The van der Waals surface area contributed by atoms with Crippen molar-refractivity contribution < 1.29 is 9.59 Å². The minimum atomic E-state index is -0.192. The molecule has 0 aromatic rings. The molecule has 1 rings (SSSR count). The van der Waals surface area contributed by atoms with E-state index < -0.39 is 0 Å². The first-order chi connectivity index (χ1) is 9.10. The average molecular weight is 269 g/mol. The zero-order chi connectivity index (χ0) is 14.3. The highest BCUT2D eigenvalue weighted by atomic mass is 16.2. The fourth-order valence-electron chi connectivity index (χ4n) is 2.43. The molecule has 0 radical (unpaired) electrons. The Kier molecular flexibility index (Phi) is 6.84. The lowest BCUT2D eigenvalue weighted by atomic mass is 10.2. The van der Waals surface area contributed by atoms with Gasteiger partial charge in [-0.1, -0.05) is 0 Å². The second kappa shape index (κ2) is 8.15. The summed E-state index contributed by atoms with van der Waals surface area (Å²) in [4.78, 5) is 27.6. The van der Waals surface area contributed by atoms with Crippen LogP contribution in [0.25, 0.3) is 0 Å². The van der Waals surface area contributed by atoms with E-state index in [1.54, 1.807) is 0 Å². The van der Waals surface area contributed by atoms with E-state index in [4.69, 9.17) is 0 Å². The first-order valence-electron chi connectivity index (χ1n) is 7.40. The number of rotatable bonds is 7. The molecule has 1 unspecified atom stereocenters. The van der Waals surface area contributed by atoms with E-state index in [0.717, 1.165) is 39.0 Å². The molecule has 1 aliphatic rings. The van der Waals surface area contributed by atoms with E-state index in [0.29, 0.717) is 13.0 Å². The number of carbonyl (C=O) groups is 2. The van der Waals surface area contributed by atoms with Crippen molar-refractivity contribution in [1.82, 2.24) is 15.1 Å². The van der Waals surface area contributed by atoms with E-state index in [9.17, 15) is 9.59 Å². The highest BCUT2D eigenvalue weighted by Gasteiger charge is 2.22. The van der Waals surface area contributed by atoms with Gasteiger partial charge in [0.25, 0.3) is 0 Å². The first kappa shape index (κ1) is 16.0. The minimum Gasteiger partial charge on any atom is -0.343 e. The van der Waals surface area contributed by atoms with Crippen molar-refractivity contribution in [2.75, 3.05) is 32.7 Å². The van der Waals surface area contributed by atoms with Gasteiger partial charge in [0.1, 0.15) is 0 Å². The molecule has 0 bridgehead atoms. The predicted molar refractivity (Wildman–Crippen MR) is 75.8 cm³/mol. The molecule has 1 aliphatic heterocycles. The zero-order valence-electron chi connectivity index (χ0n) is 12.4. The van der Waals surface area contributed by atoms with Gasteiger partial charge in [-0.25, -0.2) is 0 Å². The molecule has 2 amide bonds. The molecule has 1 N–H and O–H groups in total. The van der Waals surface area contributed by atoms with E-state index >= 15 is 0 Å². The molecule has 0 aromatic carbocycles. The maximum absolute atomic E-state index is 12.0. The lowest BCUT2D eigenvalue weighted by Gasteiger charge is -2.22. The third kappa shape index (κ3) is 4.82. The standard InChI is InChI=1S/C14H27N3O2/c1-4-16(5-2)13(18)8-9-15-12(3)14(19)17-10-6-7-11-17/h12,15H,4-11H2,1-3H3. The highest BCUT2D eigenvalue weighted by molar-refractivity contribution is 5.82. The second-order valence-electron chi connectivity index (χ2n) is 5.02. The van der Waals surface area contributed by atoms with E-state index in [1.807, 2.05) is 30.6 Å². The summed E-state index contributed by atoms with van der Waals surface area (Å²) in [6, 6.07) is -0.192. The summed E-state index contributed by atoms with van der Waals surface area (Å²) in [6.07, 6.45) is 2.68. The topological polar surface area (TPSA) is 52.7 Å². The molecular weight excluding hydrogens is 242 g/mol. The van der Waals surface area contributed by atoms with Crippen LogP contribution in [0.4, 0.5) is 0 Å². The summed E-state index contributed by atoms with van der Waals surface area (Å²) in [5, 5.41) is 3.15. The molecule has 0 spiro atoms. The minimum absolute atomic E-state index is 0.151. The van der Waals surface area contributed by atoms with Crippen LogP contribution in [0.1, 0.15) is 40.0 Å². The van der Waals surface area contributed by atoms with Gasteiger partial charge in [-0.05, 0) is 33.6 Å². The average Bonchev–Trinajstić information content (AvgIpc) is 2.93. The maximum Gasteiger partial charge on any atom is 0.239 e. The molecule has 0 aromatic heterocycles. The van der Waals surface area contributed by atoms with Gasteiger partial charge in [0.05, 0.1) is 6.04 Å². The SMILES string of the molecule is CCN(CC)C(=O)CCNC(C)C(=O)N1CCCC1. The molecule has 5 nitrogen and oxygen atoms in total. The normalized spacial score (nSPS) is 16.5. The van der Waals surface area contributed by atoms with Crippen molar-refractivity contribution in [2.45, 2.75) is 46.1 Å². The molecule has 5 heteroatoms. The van der Waals surface area contributed by atoms with Gasteiger partial charge >= 0.3 is 0 Å². The van der Waals surface area contributed by atoms with Crippen LogP contribution in [0.2, 0.25) is 0 Å². The maximum atomic E-state index is 12.0. The monoisotopic (exact) mass is 269 g/mol. The summed E-state index contributed by atoms with van der Waals surface area (Å²) in [7, 11) is 0. The van der Waals surface area contributed by atoms with Crippen molar-refractivity contribution >= 4 is 11.8 Å². The second-order valence-corrected chi connectivity index (χ2v) is 5.02. The van der Waals surface area contributed by atoms with Gasteiger partial charge in [0.15, 0.2) is 0 Å². The Morgan fingerprint density at radius 2 is 1.79 bits per heavy atom. The molecule has 1 fully saturated rings. The number of hydrogen-bond acceptors (Lipinski definition) is 3. The van der Waals surface area contributed by atoms with Gasteiger partial charge in [-0.3, -0.25) is 9.59 Å². The van der Waals surface area contributed by atoms with Gasteiger partial charge in [-0.15, -0.1) is 0 Å². The largest absolute Gasteiger partial charge is 0.343 e. The molecule has 1 heterocycles. The lowest BCUT2D eigenvalue weighted by Crippen LogP contribution is -2.44. The number of likely N-dealkylation sites (tertiary alicyclic amines) is 1. The van der Waals surface area contributed by atoms with Crippen molar-refractivity contribution in [2.24, 2.45) is 0 Å². The summed E-state index contributed by atoms with van der Waals surface area (Å²) in [6.45, 7) is 9.66. The summed E-state index contributed by atoms with van der Waals surface area (Å²) < 4.78 is 0. The van der Waals surface area contributed by atoms with Crippen LogP contribution in [-0.2, 0) is 9.59 Å². The van der Waals surface area contributed by atoms with Crippen molar-refractivity contribution in [1.29, 1.82) is 0 Å². The number of hydrogen-bond donors (Lipinski definition) is 1. The van der Waals surface area contributed by atoms with Crippen LogP contribution < -0.4 is 5.32 Å². The Bertz CT molecular complexity index is 297. The summed E-state index contributed by atoms with van der Waals surface area (Å²) in [5.41, 5.74) is 0. The Morgan fingerprint density at radius 3 is 2.32 bits per heavy atom. The van der Waals surface area contributed by atoms with Crippen LogP contribution in [-0.4, -0.2) is 60.4 Å². The number of nitrogens with zero attached hydrogens (tertiary/aromatic N) is 2. The van der Waals surface area contributed by atoms with Gasteiger partial charge in [0.2, 0.25) is 11.8 Å². The van der Waals surface area contributed by atoms with Crippen LogP contribution in [0.5, 0.6) is 0 Å². The summed E-state index contributed by atoms with van der Waals surface area (Å²) >= 11 is 0. The molecule has 0 saturated carbocycles. The molecule has 1 atom stereocenters. The fourth-order valence-corrected chi connectivity index (χ4v) is 2.43. The van der Waals surface area contributed by atoms with E-state index in [1.165, 1.54) is 0 Å². The van der Waals surface area contributed by atoms with Crippen molar-refractivity contribution in [3.8, 4) is 0 Å². The Morgan fingerprint density at radius 1 is 1.21 bits per heavy atom. The predicted octanol–water partition coefficient (Wildman–Crippen LogP) is 0.845. The Labute approximate surface area is 116 Å². The first-order valence-corrected chi connectivity index (χ1v) is 7.40. The molecule has 0 aliphatic carbocycles. The summed E-state index contributed by atoms with van der Waals surface area (Å²) in [5.74, 6) is 0.311. The van der Waals surface area contributed by atoms with Crippen LogP contribution in [0.15, 0.2) is 0 Å². The van der Waals surface area contributed by atoms with Gasteiger partial charge < -0.3 is 15.1 Å². The lowest BCUT2D eigenvalue weighted by molar-refractivity contribution is -0.133. The van der Waals surface area contributed by atoms with Gasteiger partial charge in [0, 0.05) is 39.1 Å². The van der Waals surface area contributed by atoms with Crippen molar-refractivity contribution in [3.63, 3.8) is 0 Å². The molecular formula is C14H27N3O2.